The third-order valence-corrected chi connectivity index (χ3v) is 3.51. The SMILES string of the molecule is O=NCc1cc(C2CC2)c(O)c(C2CC2)c1. The summed E-state index contributed by atoms with van der Waals surface area (Å²) in [6.45, 7) is 0.222. The van der Waals surface area contributed by atoms with Gasteiger partial charge >= 0.3 is 0 Å². The average molecular weight is 217 g/mol. The van der Waals surface area contributed by atoms with E-state index in [0.29, 0.717) is 17.6 Å². The van der Waals surface area contributed by atoms with Crippen LogP contribution in [0.3, 0.4) is 0 Å². The zero-order valence-electron chi connectivity index (χ0n) is 9.15. The highest BCUT2D eigenvalue weighted by atomic mass is 16.3. The van der Waals surface area contributed by atoms with Crippen molar-refractivity contribution in [2.24, 2.45) is 5.18 Å². The van der Waals surface area contributed by atoms with Gasteiger partial charge in [0.05, 0.1) is 0 Å². The molecule has 0 unspecified atom stereocenters. The molecule has 0 heterocycles. The zero-order chi connectivity index (χ0) is 11.1. The first-order valence-corrected chi connectivity index (χ1v) is 5.94. The minimum Gasteiger partial charge on any atom is -0.507 e. The van der Waals surface area contributed by atoms with Crippen molar-refractivity contribution in [2.75, 3.05) is 0 Å². The summed E-state index contributed by atoms with van der Waals surface area (Å²) in [5.74, 6) is 1.52. The highest BCUT2D eigenvalue weighted by Crippen LogP contribution is 2.51. The minimum absolute atomic E-state index is 0.222. The first-order chi connectivity index (χ1) is 7.79. The minimum atomic E-state index is 0.222. The molecule has 0 saturated heterocycles. The Bertz CT molecular complexity index is 401. The van der Waals surface area contributed by atoms with Gasteiger partial charge in [-0.2, -0.15) is 4.91 Å². The Hall–Kier alpha value is -1.38. The topological polar surface area (TPSA) is 49.7 Å². The second-order valence-corrected chi connectivity index (χ2v) is 4.96. The molecule has 2 aliphatic carbocycles. The van der Waals surface area contributed by atoms with Gasteiger partial charge in [-0.3, -0.25) is 0 Å². The first-order valence-electron chi connectivity index (χ1n) is 5.94. The fourth-order valence-electron chi connectivity index (χ4n) is 2.32. The molecular formula is C13H15NO2. The van der Waals surface area contributed by atoms with Crippen LogP contribution in [-0.4, -0.2) is 5.11 Å². The molecule has 1 aromatic carbocycles. The molecule has 3 nitrogen and oxygen atoms in total. The molecule has 1 aromatic rings. The number of aromatic hydroxyl groups is 1. The quantitative estimate of drug-likeness (QED) is 0.785. The molecule has 84 valence electrons. The van der Waals surface area contributed by atoms with Crippen molar-refractivity contribution < 1.29 is 5.11 Å². The molecule has 0 atom stereocenters. The summed E-state index contributed by atoms with van der Waals surface area (Å²) >= 11 is 0. The lowest BCUT2D eigenvalue weighted by Gasteiger charge is -2.10. The van der Waals surface area contributed by atoms with Gasteiger partial charge in [-0.25, -0.2) is 0 Å². The Kier molecular flexibility index (Phi) is 2.20. The van der Waals surface area contributed by atoms with Crippen LogP contribution in [0.2, 0.25) is 0 Å². The fourth-order valence-corrected chi connectivity index (χ4v) is 2.32. The number of phenolic OH excluding ortho intramolecular Hbond substituents is 1. The predicted octanol–water partition coefficient (Wildman–Crippen LogP) is 3.41. The number of phenols is 1. The molecule has 2 aliphatic rings. The molecule has 0 aliphatic heterocycles. The van der Waals surface area contributed by atoms with Crippen LogP contribution in [0, 0.1) is 4.91 Å². The van der Waals surface area contributed by atoms with Gasteiger partial charge in [-0.05, 0) is 66.3 Å². The van der Waals surface area contributed by atoms with Gasteiger partial charge in [0.1, 0.15) is 12.3 Å². The lowest BCUT2D eigenvalue weighted by molar-refractivity contribution is 0.461. The normalized spacial score (nSPS) is 19.8. The maximum Gasteiger partial charge on any atom is 0.122 e. The summed E-state index contributed by atoms with van der Waals surface area (Å²) < 4.78 is 0. The summed E-state index contributed by atoms with van der Waals surface area (Å²) in [5, 5.41) is 13.1. The van der Waals surface area contributed by atoms with Gasteiger partial charge in [-0.1, -0.05) is 5.18 Å². The van der Waals surface area contributed by atoms with E-state index in [-0.39, 0.29) is 6.54 Å². The van der Waals surface area contributed by atoms with Crippen molar-refractivity contribution in [3.05, 3.63) is 33.7 Å². The van der Waals surface area contributed by atoms with E-state index >= 15 is 0 Å². The van der Waals surface area contributed by atoms with Crippen LogP contribution in [0.15, 0.2) is 17.3 Å². The first kappa shape index (κ1) is 9.82. The third-order valence-electron chi connectivity index (χ3n) is 3.51. The van der Waals surface area contributed by atoms with Crippen LogP contribution >= 0.6 is 0 Å². The van der Waals surface area contributed by atoms with Crippen LogP contribution in [-0.2, 0) is 6.54 Å². The summed E-state index contributed by atoms with van der Waals surface area (Å²) in [7, 11) is 0. The third kappa shape index (κ3) is 1.70. The standard InChI is InChI=1S/C13H15NO2/c15-13-11(9-1-2-9)5-8(7-14-16)6-12(13)10-3-4-10/h5-6,9-10,15H,1-4,7H2. The number of hydrogen-bond acceptors (Lipinski definition) is 3. The van der Waals surface area contributed by atoms with E-state index in [1.54, 1.807) is 0 Å². The van der Waals surface area contributed by atoms with E-state index in [4.69, 9.17) is 0 Å². The Morgan fingerprint density at radius 3 is 2.00 bits per heavy atom. The molecule has 2 saturated carbocycles. The number of rotatable bonds is 4. The highest BCUT2D eigenvalue weighted by molar-refractivity contribution is 5.49. The van der Waals surface area contributed by atoms with Crippen molar-refractivity contribution in [1.29, 1.82) is 0 Å². The number of nitroso groups, excluding NO2 is 1. The molecule has 0 amide bonds. The molecule has 0 bridgehead atoms. The van der Waals surface area contributed by atoms with E-state index in [1.165, 1.54) is 0 Å². The van der Waals surface area contributed by atoms with Crippen molar-refractivity contribution in [2.45, 2.75) is 44.1 Å². The lowest BCUT2D eigenvalue weighted by Crippen LogP contribution is -1.92. The molecule has 0 radical (unpaired) electrons. The zero-order valence-corrected chi connectivity index (χ0v) is 9.15. The monoisotopic (exact) mass is 217 g/mol. The van der Waals surface area contributed by atoms with Crippen molar-refractivity contribution >= 4 is 0 Å². The molecule has 1 N–H and O–H groups in total. The molecule has 2 fully saturated rings. The average Bonchev–Trinajstić information content (AvgIpc) is 3.15. The Morgan fingerprint density at radius 2 is 1.62 bits per heavy atom. The largest absolute Gasteiger partial charge is 0.507 e. The fraction of sp³-hybridized carbons (Fsp3) is 0.538. The van der Waals surface area contributed by atoms with Gasteiger partial charge in [0.2, 0.25) is 0 Å². The van der Waals surface area contributed by atoms with Crippen molar-refractivity contribution in [3.8, 4) is 5.75 Å². The summed E-state index contributed by atoms with van der Waals surface area (Å²) in [5.41, 5.74) is 3.04. The van der Waals surface area contributed by atoms with E-state index in [0.717, 1.165) is 42.4 Å². The van der Waals surface area contributed by atoms with E-state index in [1.807, 2.05) is 12.1 Å². The Morgan fingerprint density at radius 1 is 1.12 bits per heavy atom. The van der Waals surface area contributed by atoms with Gasteiger partial charge < -0.3 is 5.11 Å². The van der Waals surface area contributed by atoms with Gasteiger partial charge in [0.15, 0.2) is 0 Å². The Balaban J connectivity index is 2.04. The molecular weight excluding hydrogens is 202 g/mol. The summed E-state index contributed by atoms with van der Waals surface area (Å²) in [4.78, 5) is 10.3. The Labute approximate surface area is 94.5 Å². The summed E-state index contributed by atoms with van der Waals surface area (Å²) in [6, 6.07) is 3.92. The predicted molar refractivity (Wildman–Crippen MR) is 61.6 cm³/mol. The van der Waals surface area contributed by atoms with E-state index < -0.39 is 0 Å². The van der Waals surface area contributed by atoms with Crippen LogP contribution in [0.1, 0.15) is 54.2 Å². The van der Waals surface area contributed by atoms with Gasteiger partial charge in [0, 0.05) is 0 Å². The lowest BCUT2D eigenvalue weighted by atomic mass is 9.98. The number of hydrogen-bond donors (Lipinski definition) is 1. The van der Waals surface area contributed by atoms with Crippen molar-refractivity contribution in [3.63, 3.8) is 0 Å². The van der Waals surface area contributed by atoms with Crippen LogP contribution < -0.4 is 0 Å². The van der Waals surface area contributed by atoms with E-state index in [2.05, 4.69) is 5.18 Å². The van der Waals surface area contributed by atoms with E-state index in [9.17, 15) is 10.0 Å². The maximum atomic E-state index is 10.3. The molecule has 0 spiro atoms. The second kappa shape index (κ2) is 3.58. The second-order valence-electron chi connectivity index (χ2n) is 4.96. The molecule has 16 heavy (non-hydrogen) atoms. The van der Waals surface area contributed by atoms with Crippen molar-refractivity contribution in [1.82, 2.24) is 0 Å². The van der Waals surface area contributed by atoms with Crippen LogP contribution in [0.25, 0.3) is 0 Å². The molecule has 0 aromatic heterocycles. The summed E-state index contributed by atoms with van der Waals surface area (Å²) in [6.07, 6.45) is 4.65. The van der Waals surface area contributed by atoms with Crippen LogP contribution in [0.4, 0.5) is 0 Å². The molecule has 3 rings (SSSR count). The molecule has 3 heteroatoms. The number of benzene rings is 1. The number of nitrogens with zero attached hydrogens (tertiary/aromatic N) is 1. The van der Waals surface area contributed by atoms with Gasteiger partial charge in [0.25, 0.3) is 0 Å². The smallest absolute Gasteiger partial charge is 0.122 e. The highest BCUT2D eigenvalue weighted by Gasteiger charge is 2.32. The maximum absolute atomic E-state index is 10.3. The van der Waals surface area contributed by atoms with Crippen LogP contribution in [0.5, 0.6) is 5.75 Å². The van der Waals surface area contributed by atoms with Gasteiger partial charge in [-0.15, -0.1) is 0 Å².